The lowest BCUT2D eigenvalue weighted by Crippen LogP contribution is -2.51. The van der Waals surface area contributed by atoms with Crippen LogP contribution < -0.4 is 4.74 Å². The van der Waals surface area contributed by atoms with Crippen molar-refractivity contribution in [2.75, 3.05) is 13.1 Å². The number of likely N-dealkylation sites (tertiary alicyclic amines) is 1. The van der Waals surface area contributed by atoms with E-state index in [9.17, 15) is 9.18 Å². The van der Waals surface area contributed by atoms with Gasteiger partial charge < -0.3 is 14.1 Å². The molecule has 1 aromatic heterocycles. The van der Waals surface area contributed by atoms with Gasteiger partial charge in [0, 0.05) is 13.1 Å². The third kappa shape index (κ3) is 3.72. The van der Waals surface area contributed by atoms with Crippen LogP contribution in [-0.2, 0) is 4.79 Å². The van der Waals surface area contributed by atoms with E-state index in [0.717, 1.165) is 23.9 Å². The first-order valence-electron chi connectivity index (χ1n) is 9.52. The standard InChI is InChI=1S/C22H23FN2O3/c1-22(2,28-17-11-9-16(23)10-12-17)21(26)25-13-5-6-15(14-25)20-24-18-7-3-4-8-19(18)27-20/h3-4,7-12,15H,5-6,13-14H2,1-2H3. The van der Waals surface area contributed by atoms with Crippen LogP contribution in [-0.4, -0.2) is 34.5 Å². The molecule has 1 unspecified atom stereocenters. The molecule has 6 heteroatoms. The molecule has 0 spiro atoms. The molecule has 2 aromatic carbocycles. The fourth-order valence-corrected chi connectivity index (χ4v) is 3.65. The minimum absolute atomic E-state index is 0.0618. The van der Waals surface area contributed by atoms with Crippen molar-refractivity contribution < 1.29 is 18.3 Å². The Morgan fingerprint density at radius 2 is 1.96 bits per heavy atom. The van der Waals surface area contributed by atoms with Gasteiger partial charge in [0.2, 0.25) is 0 Å². The molecule has 1 fully saturated rings. The molecule has 0 N–H and O–H groups in total. The van der Waals surface area contributed by atoms with Crippen LogP contribution in [0.1, 0.15) is 38.5 Å². The monoisotopic (exact) mass is 382 g/mol. The number of oxazole rings is 1. The number of benzene rings is 2. The Balaban J connectivity index is 1.48. The van der Waals surface area contributed by atoms with E-state index in [-0.39, 0.29) is 17.6 Å². The highest BCUT2D eigenvalue weighted by Gasteiger charge is 2.37. The summed E-state index contributed by atoms with van der Waals surface area (Å²) >= 11 is 0. The molecule has 28 heavy (non-hydrogen) atoms. The van der Waals surface area contributed by atoms with Gasteiger partial charge in [-0.15, -0.1) is 0 Å². The normalized spacial score (nSPS) is 17.7. The number of piperidine rings is 1. The summed E-state index contributed by atoms with van der Waals surface area (Å²) in [7, 11) is 0. The highest BCUT2D eigenvalue weighted by Crippen LogP contribution is 2.30. The zero-order chi connectivity index (χ0) is 19.7. The fourth-order valence-electron chi connectivity index (χ4n) is 3.65. The van der Waals surface area contributed by atoms with Crippen LogP contribution in [0.5, 0.6) is 5.75 Å². The molecular formula is C22H23FN2O3. The van der Waals surface area contributed by atoms with Gasteiger partial charge in [0.05, 0.1) is 5.92 Å². The van der Waals surface area contributed by atoms with Crippen molar-refractivity contribution in [1.29, 1.82) is 0 Å². The van der Waals surface area contributed by atoms with Crippen LogP contribution in [0.15, 0.2) is 52.9 Å². The number of hydrogen-bond acceptors (Lipinski definition) is 4. The highest BCUT2D eigenvalue weighted by atomic mass is 19.1. The van der Waals surface area contributed by atoms with Gasteiger partial charge in [0.25, 0.3) is 5.91 Å². The third-order valence-corrected chi connectivity index (χ3v) is 5.07. The third-order valence-electron chi connectivity index (χ3n) is 5.07. The number of halogens is 1. The lowest BCUT2D eigenvalue weighted by atomic mass is 9.96. The van der Waals surface area contributed by atoms with E-state index in [1.807, 2.05) is 29.2 Å². The largest absolute Gasteiger partial charge is 0.478 e. The summed E-state index contributed by atoms with van der Waals surface area (Å²) in [5, 5.41) is 0. The minimum atomic E-state index is -1.05. The Bertz CT molecular complexity index is 948. The summed E-state index contributed by atoms with van der Waals surface area (Å²) in [5.74, 6) is 0.765. The number of carbonyl (C=O) groups excluding carboxylic acids is 1. The van der Waals surface area contributed by atoms with Crippen molar-refractivity contribution in [2.45, 2.75) is 38.2 Å². The molecule has 4 rings (SSSR count). The van der Waals surface area contributed by atoms with E-state index in [0.29, 0.717) is 24.7 Å². The number of aromatic nitrogens is 1. The van der Waals surface area contributed by atoms with Gasteiger partial charge in [-0.05, 0) is 63.1 Å². The second-order valence-electron chi connectivity index (χ2n) is 7.68. The van der Waals surface area contributed by atoms with Gasteiger partial charge in [0.1, 0.15) is 17.1 Å². The average Bonchev–Trinajstić information content (AvgIpc) is 3.13. The van der Waals surface area contributed by atoms with Crippen LogP contribution in [0.4, 0.5) is 4.39 Å². The zero-order valence-corrected chi connectivity index (χ0v) is 16.0. The van der Waals surface area contributed by atoms with E-state index >= 15 is 0 Å². The van der Waals surface area contributed by atoms with Crippen molar-refractivity contribution in [1.82, 2.24) is 9.88 Å². The number of para-hydroxylation sites is 2. The van der Waals surface area contributed by atoms with Gasteiger partial charge in [0.15, 0.2) is 17.1 Å². The summed E-state index contributed by atoms with van der Waals surface area (Å²) < 4.78 is 24.9. The maximum absolute atomic E-state index is 13.1. The quantitative estimate of drug-likeness (QED) is 0.665. The van der Waals surface area contributed by atoms with Crippen LogP contribution in [0.25, 0.3) is 11.1 Å². The number of ether oxygens (including phenoxy) is 1. The fraction of sp³-hybridized carbons (Fsp3) is 0.364. The molecule has 1 amide bonds. The number of rotatable bonds is 4. The van der Waals surface area contributed by atoms with Gasteiger partial charge >= 0.3 is 0 Å². The smallest absolute Gasteiger partial charge is 0.266 e. The van der Waals surface area contributed by atoms with Crippen molar-refractivity contribution in [3.63, 3.8) is 0 Å². The Morgan fingerprint density at radius 3 is 2.71 bits per heavy atom. The number of carbonyl (C=O) groups is 1. The molecule has 0 aliphatic carbocycles. The maximum Gasteiger partial charge on any atom is 0.266 e. The summed E-state index contributed by atoms with van der Waals surface area (Å²) in [6.45, 7) is 4.69. The molecule has 0 saturated carbocycles. The average molecular weight is 382 g/mol. The molecule has 1 aliphatic heterocycles. The second-order valence-corrected chi connectivity index (χ2v) is 7.68. The van der Waals surface area contributed by atoms with Crippen LogP contribution in [0, 0.1) is 5.82 Å². The van der Waals surface area contributed by atoms with E-state index in [1.54, 1.807) is 13.8 Å². The SMILES string of the molecule is CC(C)(Oc1ccc(F)cc1)C(=O)N1CCCC(c2nc3ccccc3o2)C1. The molecular weight excluding hydrogens is 359 g/mol. The van der Waals surface area contributed by atoms with Gasteiger partial charge in [-0.25, -0.2) is 9.37 Å². The Morgan fingerprint density at radius 1 is 1.21 bits per heavy atom. The van der Waals surface area contributed by atoms with Crippen molar-refractivity contribution in [3.8, 4) is 5.75 Å². The molecule has 1 saturated heterocycles. The number of amides is 1. The summed E-state index contributed by atoms with van der Waals surface area (Å²) in [6.07, 6.45) is 1.80. The molecule has 5 nitrogen and oxygen atoms in total. The first-order valence-corrected chi connectivity index (χ1v) is 9.52. The van der Waals surface area contributed by atoms with Crippen LogP contribution >= 0.6 is 0 Å². The van der Waals surface area contributed by atoms with E-state index in [4.69, 9.17) is 9.15 Å². The van der Waals surface area contributed by atoms with Crippen molar-refractivity contribution >= 4 is 17.0 Å². The molecule has 3 aromatic rings. The van der Waals surface area contributed by atoms with Gasteiger partial charge in [-0.1, -0.05) is 12.1 Å². The minimum Gasteiger partial charge on any atom is -0.478 e. The number of fused-ring (bicyclic) bond motifs is 1. The second kappa shape index (κ2) is 7.26. The predicted molar refractivity (Wildman–Crippen MR) is 104 cm³/mol. The van der Waals surface area contributed by atoms with E-state index in [1.165, 1.54) is 24.3 Å². The molecule has 2 heterocycles. The van der Waals surface area contributed by atoms with Crippen molar-refractivity contribution in [2.24, 2.45) is 0 Å². The summed E-state index contributed by atoms with van der Waals surface area (Å²) in [6, 6.07) is 13.4. The van der Waals surface area contributed by atoms with Gasteiger partial charge in [-0.2, -0.15) is 0 Å². The lowest BCUT2D eigenvalue weighted by molar-refractivity contribution is -0.146. The predicted octanol–water partition coefficient (Wildman–Crippen LogP) is 4.53. The topological polar surface area (TPSA) is 55.6 Å². The summed E-state index contributed by atoms with van der Waals surface area (Å²) in [4.78, 5) is 19.5. The molecule has 146 valence electrons. The van der Waals surface area contributed by atoms with Gasteiger partial charge in [-0.3, -0.25) is 4.79 Å². The molecule has 1 aliphatic rings. The van der Waals surface area contributed by atoms with E-state index in [2.05, 4.69) is 4.98 Å². The van der Waals surface area contributed by atoms with Crippen molar-refractivity contribution in [3.05, 3.63) is 60.2 Å². The highest BCUT2D eigenvalue weighted by molar-refractivity contribution is 5.85. The first kappa shape index (κ1) is 18.5. The Hall–Kier alpha value is -2.89. The first-order chi connectivity index (χ1) is 13.4. The van der Waals surface area contributed by atoms with Crippen LogP contribution in [0.3, 0.4) is 0 Å². The van der Waals surface area contributed by atoms with Crippen LogP contribution in [0.2, 0.25) is 0 Å². The molecule has 0 radical (unpaired) electrons. The molecule has 1 atom stereocenters. The summed E-state index contributed by atoms with van der Waals surface area (Å²) in [5.41, 5.74) is 0.544. The number of hydrogen-bond donors (Lipinski definition) is 0. The Labute approximate surface area is 163 Å². The Kier molecular flexibility index (Phi) is 4.79. The zero-order valence-electron chi connectivity index (χ0n) is 16.0. The van der Waals surface area contributed by atoms with E-state index < -0.39 is 5.60 Å². The number of nitrogens with zero attached hydrogens (tertiary/aromatic N) is 2. The lowest BCUT2D eigenvalue weighted by Gasteiger charge is -2.36. The molecule has 0 bridgehead atoms. The maximum atomic E-state index is 13.1.